The third kappa shape index (κ3) is 3.32. The maximum absolute atomic E-state index is 14.2. The van der Waals surface area contributed by atoms with Crippen molar-refractivity contribution in [2.45, 2.75) is 52.0 Å². The first-order chi connectivity index (χ1) is 9.44. The molecule has 1 aromatic rings. The van der Waals surface area contributed by atoms with E-state index in [-0.39, 0.29) is 5.82 Å². The van der Waals surface area contributed by atoms with Crippen LogP contribution >= 0.6 is 0 Å². The van der Waals surface area contributed by atoms with E-state index >= 15 is 0 Å². The number of nitrogens with two attached hydrogens (primary N) is 1. The van der Waals surface area contributed by atoms with E-state index in [1.807, 2.05) is 13.1 Å². The maximum atomic E-state index is 14.2. The number of para-hydroxylation sites is 1. The fraction of sp³-hybridized carbons (Fsp3) is 0.647. The van der Waals surface area contributed by atoms with Crippen molar-refractivity contribution >= 4 is 5.69 Å². The number of nitrogens with zero attached hydrogens (tertiary/aromatic N) is 1. The van der Waals surface area contributed by atoms with Gasteiger partial charge >= 0.3 is 0 Å². The van der Waals surface area contributed by atoms with Crippen molar-refractivity contribution in [2.24, 2.45) is 11.1 Å². The zero-order chi connectivity index (χ0) is 14.8. The summed E-state index contributed by atoms with van der Waals surface area (Å²) in [5.74, 6) is -0.122. The topological polar surface area (TPSA) is 29.3 Å². The number of hydrogen-bond acceptors (Lipinski definition) is 2. The smallest absolute Gasteiger partial charge is 0.146 e. The first-order valence-electron chi connectivity index (χ1n) is 7.65. The monoisotopic (exact) mass is 278 g/mol. The molecular formula is C17H27FN2. The Bertz CT molecular complexity index is 446. The van der Waals surface area contributed by atoms with Crippen molar-refractivity contribution in [1.29, 1.82) is 0 Å². The van der Waals surface area contributed by atoms with Gasteiger partial charge in [-0.25, -0.2) is 4.39 Å². The summed E-state index contributed by atoms with van der Waals surface area (Å²) in [5.41, 5.74) is 7.87. The minimum atomic E-state index is -0.122. The molecule has 0 unspecified atom stereocenters. The lowest BCUT2D eigenvalue weighted by molar-refractivity contribution is 0.222. The average Bonchev–Trinajstić information content (AvgIpc) is 2.38. The van der Waals surface area contributed by atoms with Crippen LogP contribution in [0.2, 0.25) is 0 Å². The van der Waals surface area contributed by atoms with E-state index in [9.17, 15) is 4.39 Å². The molecule has 1 saturated carbocycles. The highest BCUT2D eigenvalue weighted by molar-refractivity contribution is 5.55. The molecule has 0 spiro atoms. The summed E-state index contributed by atoms with van der Waals surface area (Å²) in [6, 6.07) is 5.77. The van der Waals surface area contributed by atoms with Gasteiger partial charge in [0.25, 0.3) is 0 Å². The Kier molecular flexibility index (Phi) is 4.69. The molecule has 0 amide bonds. The van der Waals surface area contributed by atoms with E-state index in [4.69, 9.17) is 5.73 Å². The predicted octanol–water partition coefficient (Wildman–Crippen LogP) is 3.73. The number of rotatable bonds is 4. The minimum Gasteiger partial charge on any atom is -0.369 e. The summed E-state index contributed by atoms with van der Waals surface area (Å²) in [6.45, 7) is 5.21. The molecule has 2 N–H and O–H groups in total. The predicted molar refractivity (Wildman–Crippen MR) is 83.6 cm³/mol. The van der Waals surface area contributed by atoms with Crippen LogP contribution in [0.15, 0.2) is 18.2 Å². The van der Waals surface area contributed by atoms with Crippen LogP contribution in [-0.4, -0.2) is 19.6 Å². The normalized spacial score (nSPS) is 19.1. The lowest BCUT2D eigenvalue weighted by atomic mass is 9.75. The third-order valence-electron chi connectivity index (χ3n) is 4.69. The van der Waals surface area contributed by atoms with E-state index in [2.05, 4.69) is 18.7 Å². The van der Waals surface area contributed by atoms with Crippen molar-refractivity contribution < 1.29 is 4.39 Å². The molecule has 0 aromatic heterocycles. The number of hydrogen-bond donors (Lipinski definition) is 1. The molecule has 0 bridgehead atoms. The molecule has 3 heteroatoms. The SMILES string of the molecule is CN(c1c(F)cccc1CCN)C1CCC(C)(C)CC1. The fourth-order valence-corrected chi connectivity index (χ4v) is 3.27. The van der Waals surface area contributed by atoms with Crippen molar-refractivity contribution in [2.75, 3.05) is 18.5 Å². The lowest BCUT2D eigenvalue weighted by Crippen LogP contribution is -2.38. The largest absolute Gasteiger partial charge is 0.369 e. The Balaban J connectivity index is 2.19. The molecule has 2 rings (SSSR count). The van der Waals surface area contributed by atoms with Crippen LogP contribution in [0.3, 0.4) is 0 Å². The van der Waals surface area contributed by atoms with E-state index in [0.29, 0.717) is 18.0 Å². The highest BCUT2D eigenvalue weighted by Gasteiger charge is 2.30. The van der Waals surface area contributed by atoms with Crippen LogP contribution in [0.4, 0.5) is 10.1 Å². The van der Waals surface area contributed by atoms with Crippen LogP contribution in [0, 0.1) is 11.2 Å². The summed E-state index contributed by atoms with van der Waals surface area (Å²) in [7, 11) is 2.03. The Morgan fingerprint density at radius 3 is 2.55 bits per heavy atom. The van der Waals surface area contributed by atoms with Gasteiger partial charge in [-0.3, -0.25) is 0 Å². The first kappa shape index (κ1) is 15.3. The zero-order valence-electron chi connectivity index (χ0n) is 13.0. The molecule has 20 heavy (non-hydrogen) atoms. The van der Waals surface area contributed by atoms with Gasteiger partial charge in [0.15, 0.2) is 0 Å². The Morgan fingerprint density at radius 2 is 1.95 bits per heavy atom. The number of anilines is 1. The second-order valence-electron chi connectivity index (χ2n) is 6.79. The van der Waals surface area contributed by atoms with Gasteiger partial charge in [-0.2, -0.15) is 0 Å². The average molecular weight is 278 g/mol. The highest BCUT2D eigenvalue weighted by atomic mass is 19.1. The molecule has 1 aliphatic rings. The van der Waals surface area contributed by atoms with Crippen molar-refractivity contribution in [3.63, 3.8) is 0 Å². The second-order valence-corrected chi connectivity index (χ2v) is 6.79. The Morgan fingerprint density at radius 1 is 1.30 bits per heavy atom. The minimum absolute atomic E-state index is 0.122. The van der Waals surface area contributed by atoms with Gasteiger partial charge in [-0.15, -0.1) is 0 Å². The van der Waals surface area contributed by atoms with E-state index in [1.54, 1.807) is 12.1 Å². The van der Waals surface area contributed by atoms with Crippen LogP contribution in [0.5, 0.6) is 0 Å². The van der Waals surface area contributed by atoms with Gasteiger partial charge in [-0.1, -0.05) is 26.0 Å². The quantitative estimate of drug-likeness (QED) is 0.909. The number of benzene rings is 1. The van der Waals surface area contributed by atoms with Gasteiger partial charge < -0.3 is 10.6 Å². The molecule has 0 saturated heterocycles. The van der Waals surface area contributed by atoms with E-state index in [0.717, 1.165) is 30.5 Å². The molecule has 112 valence electrons. The summed E-state index contributed by atoms with van der Waals surface area (Å²) < 4.78 is 14.2. The van der Waals surface area contributed by atoms with Gasteiger partial charge in [0, 0.05) is 13.1 Å². The summed E-state index contributed by atoms with van der Waals surface area (Å²) >= 11 is 0. The molecule has 0 atom stereocenters. The highest BCUT2D eigenvalue weighted by Crippen LogP contribution is 2.38. The molecule has 1 aliphatic carbocycles. The molecule has 0 radical (unpaired) electrons. The fourth-order valence-electron chi connectivity index (χ4n) is 3.27. The van der Waals surface area contributed by atoms with Gasteiger partial charge in [0.1, 0.15) is 5.82 Å². The van der Waals surface area contributed by atoms with Crippen LogP contribution < -0.4 is 10.6 Å². The van der Waals surface area contributed by atoms with Crippen molar-refractivity contribution in [3.05, 3.63) is 29.6 Å². The van der Waals surface area contributed by atoms with Crippen molar-refractivity contribution in [1.82, 2.24) is 0 Å². The third-order valence-corrected chi connectivity index (χ3v) is 4.69. The van der Waals surface area contributed by atoms with Gasteiger partial charge in [-0.05, 0) is 55.7 Å². The molecule has 1 fully saturated rings. The standard InChI is InChI=1S/C17H27FN2/c1-17(2)10-7-14(8-11-17)20(3)16-13(9-12-19)5-4-6-15(16)18/h4-6,14H,7-12,19H2,1-3H3. The van der Waals surface area contributed by atoms with E-state index in [1.165, 1.54) is 12.8 Å². The number of halogens is 1. The second kappa shape index (κ2) is 6.13. The summed E-state index contributed by atoms with van der Waals surface area (Å²) in [4.78, 5) is 2.15. The molecule has 0 aliphatic heterocycles. The van der Waals surface area contributed by atoms with E-state index < -0.39 is 0 Å². The Hall–Kier alpha value is -1.09. The van der Waals surface area contributed by atoms with Crippen LogP contribution in [-0.2, 0) is 6.42 Å². The van der Waals surface area contributed by atoms with Crippen LogP contribution in [0.1, 0.15) is 45.1 Å². The van der Waals surface area contributed by atoms with Crippen LogP contribution in [0.25, 0.3) is 0 Å². The zero-order valence-corrected chi connectivity index (χ0v) is 13.0. The molecule has 2 nitrogen and oxygen atoms in total. The Labute approximate surface area is 122 Å². The summed E-state index contributed by atoms with van der Waals surface area (Å²) in [5, 5.41) is 0. The van der Waals surface area contributed by atoms with Gasteiger partial charge in [0.2, 0.25) is 0 Å². The first-order valence-corrected chi connectivity index (χ1v) is 7.65. The lowest BCUT2D eigenvalue weighted by Gasteiger charge is -2.40. The van der Waals surface area contributed by atoms with Gasteiger partial charge in [0.05, 0.1) is 5.69 Å². The van der Waals surface area contributed by atoms with Crippen molar-refractivity contribution in [3.8, 4) is 0 Å². The summed E-state index contributed by atoms with van der Waals surface area (Å²) in [6.07, 6.45) is 5.43. The maximum Gasteiger partial charge on any atom is 0.146 e. The molecule has 0 heterocycles. The molecule has 1 aromatic carbocycles. The molecular weight excluding hydrogens is 251 g/mol.